The number of carbonyl (C=O) groups excluding carboxylic acids is 1. The third-order valence-electron chi connectivity index (χ3n) is 6.20. The lowest BCUT2D eigenvalue weighted by Crippen LogP contribution is -2.39. The number of aromatic nitrogens is 2. The minimum atomic E-state index is -4.21. The molecule has 1 fully saturated rings. The van der Waals surface area contributed by atoms with Gasteiger partial charge in [0.15, 0.2) is 0 Å². The van der Waals surface area contributed by atoms with Crippen LogP contribution in [0.5, 0.6) is 5.75 Å². The fourth-order valence-electron chi connectivity index (χ4n) is 4.24. The number of ether oxygens (including phenoxy) is 2. The van der Waals surface area contributed by atoms with E-state index in [0.29, 0.717) is 0 Å². The van der Waals surface area contributed by atoms with Crippen LogP contribution in [0.3, 0.4) is 0 Å². The smallest absolute Gasteiger partial charge is 0.459 e. The number of nitrogens with zero attached hydrogens (tertiary/aromatic N) is 4. The van der Waals surface area contributed by atoms with E-state index in [-0.39, 0.29) is 25.4 Å². The molecule has 2 aromatic carbocycles. The zero-order chi connectivity index (χ0) is 29.5. The van der Waals surface area contributed by atoms with E-state index >= 15 is 0 Å². The minimum Gasteiger partial charge on any atom is -0.460 e. The molecule has 1 aliphatic heterocycles. The molecule has 41 heavy (non-hydrogen) atoms. The molecule has 2 N–H and O–H groups in total. The van der Waals surface area contributed by atoms with Crippen LogP contribution in [0.15, 0.2) is 87.6 Å². The molecule has 0 amide bonds. The number of azide groups is 1. The molecule has 5 atom stereocenters. The largest absolute Gasteiger partial charge is 0.460 e. The maximum atomic E-state index is 13.9. The molecular formula is C26H29N6O8P. The van der Waals surface area contributed by atoms with Gasteiger partial charge in [-0.1, -0.05) is 53.6 Å². The summed E-state index contributed by atoms with van der Waals surface area (Å²) in [6.45, 7) is 2.74. The Kier molecular flexibility index (Phi) is 9.43. The van der Waals surface area contributed by atoms with Gasteiger partial charge >= 0.3 is 19.4 Å². The van der Waals surface area contributed by atoms with E-state index in [1.54, 1.807) is 49.4 Å². The fraction of sp³-hybridized carbons (Fsp3) is 0.346. The van der Waals surface area contributed by atoms with Gasteiger partial charge in [0.25, 0.3) is 5.56 Å². The summed E-state index contributed by atoms with van der Waals surface area (Å²) in [5, 5.41) is 6.44. The Morgan fingerprint density at radius 2 is 1.90 bits per heavy atom. The van der Waals surface area contributed by atoms with Crippen LogP contribution in [0.1, 0.15) is 32.1 Å². The van der Waals surface area contributed by atoms with Gasteiger partial charge in [-0.2, -0.15) is 5.09 Å². The molecule has 2 heterocycles. The van der Waals surface area contributed by atoms with Crippen LogP contribution in [0.2, 0.25) is 0 Å². The average Bonchev–Trinajstić information content (AvgIpc) is 3.27. The molecular weight excluding hydrogens is 555 g/mol. The van der Waals surface area contributed by atoms with Gasteiger partial charge in [-0.05, 0) is 43.5 Å². The first-order valence-corrected chi connectivity index (χ1v) is 14.2. The lowest BCUT2D eigenvalue weighted by molar-refractivity contribution is -0.146. The summed E-state index contributed by atoms with van der Waals surface area (Å²) < 4.78 is 37.7. The van der Waals surface area contributed by atoms with Crippen molar-refractivity contribution in [2.75, 3.05) is 6.61 Å². The van der Waals surface area contributed by atoms with Crippen LogP contribution in [0, 0.1) is 0 Å². The van der Waals surface area contributed by atoms with Crippen molar-refractivity contribution in [3.8, 4) is 5.75 Å². The second-order valence-corrected chi connectivity index (χ2v) is 11.2. The maximum Gasteiger partial charge on any atom is 0.459 e. The molecule has 4 rings (SSSR count). The van der Waals surface area contributed by atoms with E-state index in [4.69, 9.17) is 24.1 Å². The number of benzene rings is 2. The van der Waals surface area contributed by atoms with Gasteiger partial charge in [0.1, 0.15) is 24.6 Å². The van der Waals surface area contributed by atoms with Crippen molar-refractivity contribution in [3.63, 3.8) is 0 Å². The highest BCUT2D eigenvalue weighted by atomic mass is 31.2. The summed E-state index contributed by atoms with van der Waals surface area (Å²) in [7, 11) is -4.21. The first-order valence-electron chi connectivity index (χ1n) is 12.6. The van der Waals surface area contributed by atoms with Crippen molar-refractivity contribution >= 4 is 13.7 Å². The number of nitrogens with one attached hydrogen (secondary N) is 2. The van der Waals surface area contributed by atoms with E-state index in [1.807, 2.05) is 18.2 Å². The van der Waals surface area contributed by atoms with Gasteiger partial charge < -0.3 is 14.0 Å². The van der Waals surface area contributed by atoms with Gasteiger partial charge in [0.05, 0.1) is 18.2 Å². The summed E-state index contributed by atoms with van der Waals surface area (Å²) in [4.78, 5) is 41.6. The number of hydrogen-bond donors (Lipinski definition) is 2. The molecule has 1 aromatic heterocycles. The van der Waals surface area contributed by atoms with Crippen LogP contribution in [0.25, 0.3) is 10.4 Å². The molecule has 3 aromatic rings. The van der Waals surface area contributed by atoms with Gasteiger partial charge in [-0.3, -0.25) is 23.7 Å². The van der Waals surface area contributed by atoms with Crippen LogP contribution >= 0.6 is 7.75 Å². The summed E-state index contributed by atoms with van der Waals surface area (Å²) in [5.74, 6) is -0.461. The van der Waals surface area contributed by atoms with E-state index in [2.05, 4.69) is 20.1 Å². The third kappa shape index (κ3) is 7.72. The van der Waals surface area contributed by atoms with Crippen molar-refractivity contribution < 1.29 is 27.9 Å². The van der Waals surface area contributed by atoms with Gasteiger partial charge in [-0.15, -0.1) is 0 Å². The van der Waals surface area contributed by atoms with Crippen molar-refractivity contribution in [3.05, 3.63) is 110 Å². The molecule has 0 saturated carbocycles. The number of hydrogen-bond acceptors (Lipinski definition) is 9. The normalized spacial score (nSPS) is 22.2. The number of rotatable bonds is 12. The van der Waals surface area contributed by atoms with Crippen molar-refractivity contribution in [1.82, 2.24) is 14.6 Å². The molecule has 0 aliphatic carbocycles. The number of carbonyl (C=O) groups is 1. The van der Waals surface area contributed by atoms with E-state index in [0.717, 1.165) is 16.2 Å². The molecule has 1 saturated heterocycles. The highest BCUT2D eigenvalue weighted by molar-refractivity contribution is 7.52. The summed E-state index contributed by atoms with van der Waals surface area (Å²) >= 11 is 0. The predicted molar refractivity (Wildman–Crippen MR) is 147 cm³/mol. The van der Waals surface area contributed by atoms with Crippen molar-refractivity contribution in [2.24, 2.45) is 5.11 Å². The Balaban J connectivity index is 1.49. The first-order chi connectivity index (χ1) is 19.6. The lowest BCUT2D eigenvalue weighted by atomic mass is 9.97. The first kappa shape index (κ1) is 29.8. The van der Waals surface area contributed by atoms with Crippen LogP contribution in [-0.2, 0) is 30.0 Å². The molecule has 1 aliphatic rings. The van der Waals surface area contributed by atoms with Crippen LogP contribution < -0.4 is 20.9 Å². The number of para-hydroxylation sites is 1. The van der Waals surface area contributed by atoms with E-state index < -0.39 is 48.9 Å². The molecule has 0 spiro atoms. The predicted octanol–water partition coefficient (Wildman–Crippen LogP) is 3.82. The SMILES string of the molecule is C[C@H](NP(=O)(OC[C@@H]1C[C@@](C)(N=[N+]=[N-])[C@H](n2ccc(=O)[nH]c2=O)O1)Oc1ccccc1)C(=O)OCc1ccccc1. The topological polar surface area (TPSA) is 187 Å². The Hall–Kier alpha value is -4.19. The van der Waals surface area contributed by atoms with Crippen molar-refractivity contribution in [1.29, 1.82) is 0 Å². The van der Waals surface area contributed by atoms with E-state index in [9.17, 15) is 18.9 Å². The molecule has 1 unspecified atom stereocenters. The second-order valence-electron chi connectivity index (χ2n) is 9.52. The van der Waals surface area contributed by atoms with Crippen LogP contribution in [-0.4, -0.2) is 39.8 Å². The Bertz CT molecular complexity index is 1560. The van der Waals surface area contributed by atoms with Crippen molar-refractivity contribution in [2.45, 2.75) is 50.8 Å². The molecule has 0 radical (unpaired) electrons. The summed E-state index contributed by atoms with van der Waals surface area (Å²) in [5.41, 5.74) is 7.33. The lowest BCUT2D eigenvalue weighted by Gasteiger charge is -2.25. The third-order valence-corrected chi connectivity index (χ3v) is 7.84. The van der Waals surface area contributed by atoms with Gasteiger partial charge in [0.2, 0.25) is 0 Å². The Morgan fingerprint density at radius 1 is 1.22 bits per heavy atom. The second kappa shape index (κ2) is 13.0. The highest BCUT2D eigenvalue weighted by Gasteiger charge is 2.47. The van der Waals surface area contributed by atoms with E-state index in [1.165, 1.54) is 13.1 Å². The summed E-state index contributed by atoms with van der Waals surface area (Å²) in [6, 6.07) is 17.4. The number of H-pyrrole nitrogens is 1. The molecule has 216 valence electrons. The number of aromatic amines is 1. The average molecular weight is 585 g/mol. The Labute approximate surface area is 234 Å². The minimum absolute atomic E-state index is 0.0236. The highest BCUT2D eigenvalue weighted by Crippen LogP contribution is 2.47. The quantitative estimate of drug-likeness (QED) is 0.105. The molecule has 14 nitrogen and oxygen atoms in total. The van der Waals surface area contributed by atoms with Gasteiger partial charge in [0, 0.05) is 17.2 Å². The zero-order valence-electron chi connectivity index (χ0n) is 22.3. The standard InChI is InChI=1S/C26H29N6O8P/c1-18(23(34)37-16-19-9-5-3-6-10-19)29-41(36,40-20-11-7-4-8-12-20)38-17-21-15-26(2,30-31-27)24(39-21)32-14-13-22(33)28-25(32)35/h3-14,18,21,24H,15-17H2,1-2H3,(H,29,36)(H,28,33,35)/t18-,21-,24+,26+,41?/m0/s1. The maximum absolute atomic E-state index is 13.9. The summed E-state index contributed by atoms with van der Waals surface area (Å²) in [6.07, 6.45) is -0.601. The fourth-order valence-corrected chi connectivity index (χ4v) is 5.76. The van der Waals surface area contributed by atoms with Gasteiger partial charge in [-0.25, -0.2) is 9.36 Å². The number of esters is 1. The molecule has 15 heteroatoms. The monoisotopic (exact) mass is 584 g/mol. The zero-order valence-corrected chi connectivity index (χ0v) is 23.2. The Morgan fingerprint density at radius 3 is 2.56 bits per heavy atom. The van der Waals surface area contributed by atoms with Crippen LogP contribution in [0.4, 0.5) is 0 Å². The molecule has 0 bridgehead atoms.